The van der Waals surface area contributed by atoms with Crippen LogP contribution in [0.5, 0.6) is 11.5 Å². The van der Waals surface area contributed by atoms with Crippen LogP contribution < -0.4 is 15.0 Å². The zero-order chi connectivity index (χ0) is 21.7. The summed E-state index contributed by atoms with van der Waals surface area (Å²) in [5.41, 5.74) is 2.77. The molecule has 0 amide bonds. The Kier molecular flexibility index (Phi) is 6.75. The molecule has 0 bridgehead atoms. The summed E-state index contributed by atoms with van der Waals surface area (Å²) >= 11 is 3.06. The second-order valence-electron chi connectivity index (χ2n) is 5.90. The number of nitrogens with zero attached hydrogens (tertiary/aromatic N) is 3. The summed E-state index contributed by atoms with van der Waals surface area (Å²) in [6.07, 6.45) is -0.178. The highest BCUT2D eigenvalue weighted by atomic mass is 79.9. The standard InChI is InChI=1S/C19H16BrFN4O5/c1-28-16-6-3-10(7-17(16)29-2)15(26)9-14-18(25-30-24-14)19(23-27)22-11-4-5-13(21)12(20)8-11/h3-8,27H,9H2,1-2H3,(H,22,23). The van der Waals surface area contributed by atoms with E-state index in [0.29, 0.717) is 22.7 Å². The predicted octanol–water partition coefficient (Wildman–Crippen LogP) is 3.47. The fourth-order valence-electron chi connectivity index (χ4n) is 2.58. The van der Waals surface area contributed by atoms with Crippen molar-refractivity contribution in [1.82, 2.24) is 15.8 Å². The number of rotatable bonds is 7. The van der Waals surface area contributed by atoms with Crippen LogP contribution in [0.15, 0.2) is 50.5 Å². The van der Waals surface area contributed by atoms with Gasteiger partial charge in [-0.1, -0.05) is 5.16 Å². The summed E-state index contributed by atoms with van der Waals surface area (Å²) in [5.74, 6) is 0.0153. The van der Waals surface area contributed by atoms with Gasteiger partial charge in [-0.25, -0.2) is 14.0 Å². The van der Waals surface area contributed by atoms with E-state index in [0.717, 1.165) is 0 Å². The number of benzene rings is 2. The molecular weight excluding hydrogens is 463 g/mol. The average molecular weight is 479 g/mol. The number of aromatic nitrogens is 2. The molecule has 2 N–H and O–H groups in total. The number of ether oxygens (including phenoxy) is 2. The minimum absolute atomic E-state index is 0.0341. The molecule has 0 saturated carbocycles. The summed E-state index contributed by atoms with van der Waals surface area (Å²) < 4.78 is 28.7. The van der Waals surface area contributed by atoms with Gasteiger partial charge in [0.1, 0.15) is 11.5 Å². The van der Waals surface area contributed by atoms with Crippen molar-refractivity contribution in [3.05, 3.63) is 63.6 Å². The molecule has 0 unspecified atom stereocenters. The lowest BCUT2D eigenvalue weighted by Gasteiger charge is -2.09. The van der Waals surface area contributed by atoms with E-state index in [-0.39, 0.29) is 33.9 Å². The summed E-state index contributed by atoms with van der Waals surface area (Å²) in [4.78, 5) is 16.9. The van der Waals surface area contributed by atoms with E-state index in [1.54, 1.807) is 18.2 Å². The zero-order valence-corrected chi connectivity index (χ0v) is 17.4. The van der Waals surface area contributed by atoms with Crippen LogP contribution in [0.3, 0.4) is 0 Å². The quantitative estimate of drug-likeness (QED) is 0.229. The Labute approximate surface area is 178 Å². The molecule has 1 aromatic heterocycles. The van der Waals surface area contributed by atoms with E-state index in [4.69, 9.17) is 14.1 Å². The highest BCUT2D eigenvalue weighted by molar-refractivity contribution is 9.10. The van der Waals surface area contributed by atoms with E-state index in [1.165, 1.54) is 32.4 Å². The molecule has 30 heavy (non-hydrogen) atoms. The number of nitrogens with one attached hydrogen (secondary N) is 1. The SMILES string of the molecule is COc1ccc(C(=O)Cc2nonc2C(=Nc2ccc(F)c(Br)c2)NO)cc1OC. The van der Waals surface area contributed by atoms with Crippen molar-refractivity contribution in [3.8, 4) is 11.5 Å². The Morgan fingerprint density at radius 3 is 2.63 bits per heavy atom. The number of amidine groups is 1. The molecule has 3 rings (SSSR count). The number of methoxy groups -OCH3 is 2. The van der Waals surface area contributed by atoms with Gasteiger partial charge in [0.15, 0.2) is 28.8 Å². The maximum absolute atomic E-state index is 13.4. The Bertz CT molecular complexity index is 1100. The minimum Gasteiger partial charge on any atom is -0.493 e. The van der Waals surface area contributed by atoms with Crippen LogP contribution >= 0.6 is 15.9 Å². The van der Waals surface area contributed by atoms with Crippen LogP contribution in [-0.2, 0) is 6.42 Å². The van der Waals surface area contributed by atoms with Crippen molar-refractivity contribution in [2.45, 2.75) is 6.42 Å². The molecule has 1 heterocycles. The zero-order valence-electron chi connectivity index (χ0n) is 15.8. The Balaban J connectivity index is 1.87. The summed E-state index contributed by atoms with van der Waals surface area (Å²) in [7, 11) is 2.96. The van der Waals surface area contributed by atoms with E-state index in [1.807, 2.05) is 5.48 Å². The molecule has 0 fully saturated rings. The van der Waals surface area contributed by atoms with E-state index < -0.39 is 5.82 Å². The molecule has 0 spiro atoms. The normalized spacial score (nSPS) is 11.3. The lowest BCUT2D eigenvalue weighted by Crippen LogP contribution is -2.22. The van der Waals surface area contributed by atoms with Crippen LogP contribution in [-0.4, -0.2) is 41.4 Å². The largest absolute Gasteiger partial charge is 0.493 e. The maximum atomic E-state index is 13.4. The van der Waals surface area contributed by atoms with Gasteiger partial charge < -0.3 is 9.47 Å². The first-order chi connectivity index (χ1) is 14.5. The molecule has 0 aliphatic carbocycles. The topological polar surface area (TPSA) is 119 Å². The molecule has 0 saturated heterocycles. The van der Waals surface area contributed by atoms with Crippen LogP contribution in [0.4, 0.5) is 10.1 Å². The van der Waals surface area contributed by atoms with Crippen LogP contribution in [0.2, 0.25) is 0 Å². The molecule has 0 radical (unpaired) electrons. The third kappa shape index (κ3) is 4.63. The molecule has 9 nitrogen and oxygen atoms in total. The lowest BCUT2D eigenvalue weighted by molar-refractivity contribution is 0.0990. The van der Waals surface area contributed by atoms with E-state index in [2.05, 4.69) is 31.2 Å². The van der Waals surface area contributed by atoms with Crippen molar-refractivity contribution in [1.29, 1.82) is 0 Å². The van der Waals surface area contributed by atoms with Gasteiger partial charge in [-0.3, -0.25) is 15.5 Å². The van der Waals surface area contributed by atoms with Crippen molar-refractivity contribution in [3.63, 3.8) is 0 Å². The molecule has 11 heteroatoms. The minimum atomic E-state index is -0.461. The van der Waals surface area contributed by atoms with Crippen LogP contribution in [0.25, 0.3) is 0 Å². The maximum Gasteiger partial charge on any atom is 0.182 e. The smallest absolute Gasteiger partial charge is 0.182 e. The first-order valence-corrected chi connectivity index (χ1v) is 9.27. The first kappa shape index (κ1) is 21.4. The monoisotopic (exact) mass is 478 g/mol. The predicted molar refractivity (Wildman–Crippen MR) is 107 cm³/mol. The molecule has 156 valence electrons. The summed E-state index contributed by atoms with van der Waals surface area (Å²) in [6, 6.07) is 8.77. The molecule has 0 aliphatic rings. The number of hydrogen-bond donors (Lipinski definition) is 2. The number of ketones is 1. The van der Waals surface area contributed by atoms with Crippen molar-refractivity contribution >= 4 is 33.2 Å². The van der Waals surface area contributed by atoms with Gasteiger partial charge in [0, 0.05) is 5.56 Å². The van der Waals surface area contributed by atoms with Gasteiger partial charge in [-0.15, -0.1) is 0 Å². The van der Waals surface area contributed by atoms with Crippen LogP contribution in [0.1, 0.15) is 21.7 Å². The third-order valence-electron chi connectivity index (χ3n) is 4.06. The number of Topliss-reactive ketones (excluding diaryl/α,β-unsaturated/α-hetero) is 1. The molecule has 0 aliphatic heterocycles. The van der Waals surface area contributed by atoms with Gasteiger partial charge in [-0.2, -0.15) is 0 Å². The molecular formula is C19H16BrFN4O5. The number of aliphatic imine (C=N–C) groups is 1. The van der Waals surface area contributed by atoms with Gasteiger partial charge in [0.25, 0.3) is 0 Å². The molecule has 3 aromatic rings. The van der Waals surface area contributed by atoms with Crippen LogP contribution in [0, 0.1) is 5.82 Å². The fraction of sp³-hybridized carbons (Fsp3) is 0.158. The second-order valence-corrected chi connectivity index (χ2v) is 6.75. The van der Waals surface area contributed by atoms with Gasteiger partial charge >= 0.3 is 0 Å². The van der Waals surface area contributed by atoms with Crippen molar-refractivity contribution in [2.75, 3.05) is 14.2 Å². The van der Waals surface area contributed by atoms with Gasteiger partial charge in [0.2, 0.25) is 0 Å². The van der Waals surface area contributed by atoms with Crippen molar-refractivity contribution < 1.29 is 28.5 Å². The Morgan fingerprint density at radius 1 is 1.20 bits per heavy atom. The highest BCUT2D eigenvalue weighted by Gasteiger charge is 2.21. The van der Waals surface area contributed by atoms with Gasteiger partial charge in [-0.05, 0) is 57.5 Å². The fourth-order valence-corrected chi connectivity index (χ4v) is 2.95. The molecule has 0 atom stereocenters. The average Bonchev–Trinajstić information content (AvgIpc) is 3.21. The third-order valence-corrected chi connectivity index (χ3v) is 4.67. The number of carbonyl (C=O) groups is 1. The Morgan fingerprint density at radius 2 is 1.97 bits per heavy atom. The number of hydroxylamine groups is 1. The highest BCUT2D eigenvalue weighted by Crippen LogP contribution is 2.28. The second kappa shape index (κ2) is 9.46. The lowest BCUT2D eigenvalue weighted by atomic mass is 10.0. The number of halogens is 2. The summed E-state index contributed by atoms with van der Waals surface area (Å²) in [5, 5.41) is 16.9. The summed E-state index contributed by atoms with van der Waals surface area (Å²) in [6.45, 7) is 0. The Hall–Kier alpha value is -3.31. The van der Waals surface area contributed by atoms with E-state index in [9.17, 15) is 14.4 Å². The first-order valence-electron chi connectivity index (χ1n) is 8.47. The van der Waals surface area contributed by atoms with Gasteiger partial charge in [0.05, 0.1) is 30.8 Å². The van der Waals surface area contributed by atoms with E-state index >= 15 is 0 Å². The number of carbonyl (C=O) groups excluding carboxylic acids is 1. The number of hydrogen-bond acceptors (Lipinski definition) is 8. The molecule has 2 aromatic carbocycles. The van der Waals surface area contributed by atoms with Crippen molar-refractivity contribution in [2.24, 2.45) is 4.99 Å².